The molecule has 2 N–H and O–H groups in total. The molecule has 3 aromatic rings. The molecule has 3 aromatic heterocycles. The predicted octanol–water partition coefficient (Wildman–Crippen LogP) is 1.000. The number of nitrogens with one attached hydrogen (secondary N) is 2. The van der Waals surface area contributed by atoms with E-state index in [2.05, 4.69) is 30.1 Å². The van der Waals surface area contributed by atoms with Crippen LogP contribution in [0.15, 0.2) is 47.5 Å². The summed E-state index contributed by atoms with van der Waals surface area (Å²) in [4.78, 5) is 39.2. The van der Waals surface area contributed by atoms with Crippen LogP contribution in [0.5, 0.6) is 0 Å². The van der Waals surface area contributed by atoms with E-state index in [1.54, 1.807) is 25.4 Å². The lowest BCUT2D eigenvalue weighted by Crippen LogP contribution is -2.46. The smallest absolute Gasteiger partial charge is 0.269 e. The molecule has 0 spiro atoms. The van der Waals surface area contributed by atoms with E-state index in [4.69, 9.17) is 0 Å². The number of amides is 1. The lowest BCUT2D eigenvalue weighted by molar-refractivity contribution is 0.0958. The fraction of sp³-hybridized carbons (Fsp3) is 0.300. The second-order valence-electron chi connectivity index (χ2n) is 6.84. The molecule has 4 rings (SSSR count). The number of pyridine rings is 3. The first-order valence-corrected chi connectivity index (χ1v) is 9.26. The molecule has 0 aliphatic carbocycles. The number of nitrogens with zero attached hydrogens (tertiary/aromatic N) is 4. The minimum atomic E-state index is -0.179. The Hall–Kier alpha value is -3.26. The van der Waals surface area contributed by atoms with Gasteiger partial charge in [0, 0.05) is 52.0 Å². The van der Waals surface area contributed by atoms with E-state index in [0.717, 1.165) is 55.0 Å². The van der Waals surface area contributed by atoms with Crippen molar-refractivity contribution in [2.45, 2.75) is 6.54 Å². The molecular weight excluding hydrogens is 356 g/mol. The Morgan fingerprint density at radius 2 is 1.93 bits per heavy atom. The second-order valence-corrected chi connectivity index (χ2v) is 6.84. The van der Waals surface area contributed by atoms with E-state index >= 15 is 0 Å². The zero-order chi connectivity index (χ0) is 19.5. The average Bonchev–Trinajstić information content (AvgIpc) is 2.73. The topological polar surface area (TPSA) is 94.2 Å². The van der Waals surface area contributed by atoms with Gasteiger partial charge in [-0.25, -0.2) is 4.98 Å². The van der Waals surface area contributed by atoms with Crippen LogP contribution in [0.4, 0.5) is 5.69 Å². The SMILES string of the molecule is CNC(=O)c1ccc(N2CCN(Cc3cnc4ccc(=O)[nH]c4c3)CC2)cn1. The Kier molecular flexibility index (Phi) is 5.03. The van der Waals surface area contributed by atoms with E-state index in [-0.39, 0.29) is 11.5 Å². The first-order valence-electron chi connectivity index (χ1n) is 9.26. The fourth-order valence-electron chi connectivity index (χ4n) is 3.42. The van der Waals surface area contributed by atoms with Gasteiger partial charge in [0.15, 0.2) is 0 Å². The molecule has 1 amide bonds. The van der Waals surface area contributed by atoms with Crippen LogP contribution in [0, 0.1) is 0 Å². The molecule has 4 heterocycles. The second kappa shape index (κ2) is 7.77. The highest BCUT2D eigenvalue weighted by atomic mass is 16.1. The van der Waals surface area contributed by atoms with Crippen molar-refractivity contribution < 1.29 is 4.79 Å². The van der Waals surface area contributed by atoms with Gasteiger partial charge in [-0.15, -0.1) is 0 Å². The highest BCUT2D eigenvalue weighted by molar-refractivity contribution is 5.92. The predicted molar refractivity (Wildman–Crippen MR) is 107 cm³/mol. The third kappa shape index (κ3) is 3.86. The van der Waals surface area contributed by atoms with Gasteiger partial charge in [-0.3, -0.25) is 19.5 Å². The van der Waals surface area contributed by atoms with Crippen molar-refractivity contribution in [3.05, 3.63) is 64.3 Å². The molecule has 1 fully saturated rings. The summed E-state index contributed by atoms with van der Waals surface area (Å²) in [5, 5.41) is 2.58. The van der Waals surface area contributed by atoms with Crippen LogP contribution in [-0.2, 0) is 6.54 Å². The summed E-state index contributed by atoms with van der Waals surface area (Å²) >= 11 is 0. The highest BCUT2D eigenvalue weighted by Gasteiger charge is 2.18. The van der Waals surface area contributed by atoms with Gasteiger partial charge in [-0.05, 0) is 29.8 Å². The van der Waals surface area contributed by atoms with Gasteiger partial charge < -0.3 is 15.2 Å². The molecule has 0 saturated carbocycles. The number of hydrogen-bond donors (Lipinski definition) is 2. The number of H-pyrrole nitrogens is 1. The maximum Gasteiger partial charge on any atom is 0.269 e. The first-order chi connectivity index (χ1) is 13.6. The van der Waals surface area contributed by atoms with Crippen molar-refractivity contribution in [3.8, 4) is 0 Å². The number of hydrogen-bond acceptors (Lipinski definition) is 6. The molecular formula is C20H22N6O2. The number of carbonyl (C=O) groups excluding carboxylic acids is 1. The number of fused-ring (bicyclic) bond motifs is 1. The van der Waals surface area contributed by atoms with Crippen molar-refractivity contribution in [2.75, 3.05) is 38.1 Å². The molecule has 0 unspecified atom stereocenters. The highest BCUT2D eigenvalue weighted by Crippen LogP contribution is 2.17. The molecule has 1 saturated heterocycles. The monoisotopic (exact) mass is 378 g/mol. The molecule has 144 valence electrons. The third-order valence-corrected chi connectivity index (χ3v) is 4.98. The Balaban J connectivity index is 1.37. The van der Waals surface area contributed by atoms with Crippen LogP contribution in [0.1, 0.15) is 16.1 Å². The van der Waals surface area contributed by atoms with Crippen LogP contribution in [0.3, 0.4) is 0 Å². The summed E-state index contributed by atoms with van der Waals surface area (Å²) in [6.45, 7) is 4.40. The van der Waals surface area contributed by atoms with Gasteiger partial charge in [-0.2, -0.15) is 0 Å². The van der Waals surface area contributed by atoms with Crippen LogP contribution < -0.4 is 15.8 Å². The van der Waals surface area contributed by atoms with Gasteiger partial charge in [0.2, 0.25) is 5.56 Å². The van der Waals surface area contributed by atoms with Gasteiger partial charge >= 0.3 is 0 Å². The van der Waals surface area contributed by atoms with Crippen molar-refractivity contribution in [1.29, 1.82) is 0 Å². The molecule has 0 bridgehead atoms. The lowest BCUT2D eigenvalue weighted by atomic mass is 10.2. The Morgan fingerprint density at radius 1 is 1.11 bits per heavy atom. The Morgan fingerprint density at radius 3 is 2.64 bits per heavy atom. The molecule has 8 heteroatoms. The maximum atomic E-state index is 11.6. The third-order valence-electron chi connectivity index (χ3n) is 4.98. The summed E-state index contributed by atoms with van der Waals surface area (Å²) in [6, 6.07) is 8.92. The van der Waals surface area contributed by atoms with Crippen LogP contribution in [0.25, 0.3) is 11.0 Å². The normalized spacial score (nSPS) is 15.0. The van der Waals surface area contributed by atoms with Crippen molar-refractivity contribution in [2.24, 2.45) is 0 Å². The Bertz CT molecular complexity index is 1040. The number of rotatable bonds is 4. The number of carbonyl (C=O) groups is 1. The average molecular weight is 378 g/mol. The minimum Gasteiger partial charge on any atom is -0.368 e. The summed E-state index contributed by atoms with van der Waals surface area (Å²) < 4.78 is 0. The maximum absolute atomic E-state index is 11.6. The molecule has 28 heavy (non-hydrogen) atoms. The van der Waals surface area contributed by atoms with Crippen LogP contribution in [-0.4, -0.2) is 59.0 Å². The minimum absolute atomic E-state index is 0.115. The number of aromatic nitrogens is 3. The lowest BCUT2D eigenvalue weighted by Gasteiger charge is -2.36. The zero-order valence-corrected chi connectivity index (χ0v) is 15.7. The zero-order valence-electron chi connectivity index (χ0n) is 15.7. The van der Waals surface area contributed by atoms with Crippen molar-refractivity contribution in [3.63, 3.8) is 0 Å². The van der Waals surface area contributed by atoms with Crippen molar-refractivity contribution in [1.82, 2.24) is 25.2 Å². The molecule has 0 atom stereocenters. The van der Waals surface area contributed by atoms with E-state index < -0.39 is 0 Å². The van der Waals surface area contributed by atoms with Gasteiger partial charge in [-0.1, -0.05) is 0 Å². The van der Waals surface area contributed by atoms with Gasteiger partial charge in [0.05, 0.1) is 22.9 Å². The van der Waals surface area contributed by atoms with E-state index in [1.165, 1.54) is 6.07 Å². The molecule has 1 aliphatic rings. The summed E-state index contributed by atoms with van der Waals surface area (Å²) in [5.74, 6) is -0.179. The van der Waals surface area contributed by atoms with Crippen molar-refractivity contribution >= 4 is 22.6 Å². The van der Waals surface area contributed by atoms with E-state index in [1.807, 2.05) is 18.3 Å². The summed E-state index contributed by atoms with van der Waals surface area (Å²) in [6.07, 6.45) is 3.62. The largest absolute Gasteiger partial charge is 0.368 e. The molecule has 0 radical (unpaired) electrons. The van der Waals surface area contributed by atoms with Crippen LogP contribution >= 0.6 is 0 Å². The summed E-state index contributed by atoms with van der Waals surface area (Å²) in [5.41, 5.74) is 3.98. The fourth-order valence-corrected chi connectivity index (χ4v) is 3.42. The van der Waals surface area contributed by atoms with E-state index in [0.29, 0.717) is 5.69 Å². The number of anilines is 1. The quantitative estimate of drug-likeness (QED) is 0.703. The summed E-state index contributed by atoms with van der Waals surface area (Å²) in [7, 11) is 1.60. The molecule has 1 aliphatic heterocycles. The number of aromatic amines is 1. The standard InChI is InChI=1S/C20H22N6O2/c1-21-20(28)17-3-2-15(12-23-17)26-8-6-25(7-9-26)13-14-10-18-16(22-11-14)4-5-19(27)24-18/h2-5,10-12H,6-9,13H2,1H3,(H,21,28)(H,24,27). The van der Waals surface area contributed by atoms with Crippen LogP contribution in [0.2, 0.25) is 0 Å². The Labute approximate surface area is 162 Å². The van der Waals surface area contributed by atoms with E-state index in [9.17, 15) is 9.59 Å². The van der Waals surface area contributed by atoms with Gasteiger partial charge in [0.25, 0.3) is 5.91 Å². The van der Waals surface area contributed by atoms with Gasteiger partial charge in [0.1, 0.15) is 5.69 Å². The molecule has 8 nitrogen and oxygen atoms in total. The number of piperazine rings is 1. The molecule has 0 aromatic carbocycles. The first kappa shape index (κ1) is 18.1.